The Morgan fingerprint density at radius 2 is 1.32 bits per heavy atom. The Labute approximate surface area is 222 Å². The van der Waals surface area contributed by atoms with Crippen LogP contribution in [0.2, 0.25) is 0 Å². The van der Waals surface area contributed by atoms with E-state index in [9.17, 15) is 9.59 Å². The van der Waals surface area contributed by atoms with Gasteiger partial charge in [0.15, 0.2) is 23.0 Å². The minimum atomic E-state index is -0.612. The summed E-state index contributed by atoms with van der Waals surface area (Å²) < 4.78 is 32.6. The molecule has 3 aromatic rings. The van der Waals surface area contributed by atoms with Crippen molar-refractivity contribution < 1.29 is 38.0 Å². The number of hydrogen-bond donors (Lipinski definition) is 1. The highest BCUT2D eigenvalue weighted by Crippen LogP contribution is 2.38. The Morgan fingerprint density at radius 1 is 0.730 bits per heavy atom. The molecule has 194 valence electrons. The van der Waals surface area contributed by atoms with Crippen LogP contribution in [-0.4, -0.2) is 53.6 Å². The van der Waals surface area contributed by atoms with Gasteiger partial charge < -0.3 is 28.4 Å². The van der Waals surface area contributed by atoms with Gasteiger partial charge in [0, 0.05) is 15.6 Å². The van der Waals surface area contributed by atoms with Crippen molar-refractivity contribution in [3.63, 3.8) is 0 Å². The molecule has 11 heteroatoms. The van der Waals surface area contributed by atoms with E-state index in [2.05, 4.69) is 26.5 Å². The normalized spacial score (nSPS) is 10.5. The number of esters is 1. The standard InChI is InChI=1S/C26H25BrN2O8/c1-32-20-8-6-15(11-21(20)33-2)26(31)37-19-9-7-18(27)10-17(19)14-28-29-25(30)16-12-22(34-3)24(36-5)23(13-16)35-4/h6-14H,1-5H3,(H,29,30). The Kier molecular flexibility index (Phi) is 9.33. The van der Waals surface area contributed by atoms with Crippen LogP contribution >= 0.6 is 15.9 Å². The van der Waals surface area contributed by atoms with Crippen molar-refractivity contribution in [2.75, 3.05) is 35.5 Å². The van der Waals surface area contributed by atoms with Crippen LogP contribution in [0.25, 0.3) is 0 Å². The first kappa shape index (κ1) is 27.3. The summed E-state index contributed by atoms with van der Waals surface area (Å²) in [6.07, 6.45) is 1.36. The predicted molar refractivity (Wildman–Crippen MR) is 140 cm³/mol. The fourth-order valence-electron chi connectivity index (χ4n) is 3.27. The third kappa shape index (κ3) is 6.50. The van der Waals surface area contributed by atoms with E-state index in [0.29, 0.717) is 34.3 Å². The van der Waals surface area contributed by atoms with Crippen molar-refractivity contribution >= 4 is 34.0 Å². The molecule has 1 N–H and O–H groups in total. The van der Waals surface area contributed by atoms with E-state index >= 15 is 0 Å². The summed E-state index contributed by atoms with van der Waals surface area (Å²) in [5, 5.41) is 4.02. The maximum Gasteiger partial charge on any atom is 0.343 e. The molecule has 0 aliphatic heterocycles. The molecular formula is C26H25BrN2O8. The Bertz CT molecular complexity index is 1300. The van der Waals surface area contributed by atoms with Gasteiger partial charge in [-0.25, -0.2) is 10.2 Å². The zero-order chi connectivity index (χ0) is 26.9. The summed E-state index contributed by atoms with van der Waals surface area (Å²) in [6, 6.07) is 12.7. The van der Waals surface area contributed by atoms with E-state index in [1.54, 1.807) is 30.3 Å². The molecule has 10 nitrogen and oxygen atoms in total. The van der Waals surface area contributed by atoms with Crippen LogP contribution < -0.4 is 33.8 Å². The van der Waals surface area contributed by atoms with Crippen molar-refractivity contribution in [2.24, 2.45) is 5.10 Å². The van der Waals surface area contributed by atoms with Gasteiger partial charge in [0.2, 0.25) is 5.75 Å². The fraction of sp³-hybridized carbons (Fsp3) is 0.192. The van der Waals surface area contributed by atoms with Gasteiger partial charge >= 0.3 is 5.97 Å². The number of ether oxygens (including phenoxy) is 6. The molecule has 0 aromatic heterocycles. The second-order valence-corrected chi connectivity index (χ2v) is 8.17. The molecule has 0 saturated carbocycles. The van der Waals surface area contributed by atoms with E-state index in [1.165, 1.54) is 60.0 Å². The van der Waals surface area contributed by atoms with E-state index in [1.807, 2.05) is 0 Å². The molecule has 0 radical (unpaired) electrons. The summed E-state index contributed by atoms with van der Waals surface area (Å²) in [6.45, 7) is 0. The molecule has 0 bridgehead atoms. The summed E-state index contributed by atoms with van der Waals surface area (Å²) in [5.74, 6) is 0.990. The van der Waals surface area contributed by atoms with Gasteiger partial charge in [-0.15, -0.1) is 0 Å². The molecule has 3 rings (SSSR count). The van der Waals surface area contributed by atoms with Gasteiger partial charge in [0.05, 0.1) is 47.3 Å². The number of rotatable bonds is 10. The number of carbonyl (C=O) groups excluding carboxylic acids is 2. The van der Waals surface area contributed by atoms with Gasteiger partial charge in [-0.2, -0.15) is 5.10 Å². The van der Waals surface area contributed by atoms with E-state index in [0.717, 1.165) is 4.47 Å². The predicted octanol–water partition coefficient (Wildman–Crippen LogP) is 4.48. The maximum absolute atomic E-state index is 12.8. The maximum atomic E-state index is 12.8. The molecule has 1 amide bonds. The van der Waals surface area contributed by atoms with E-state index < -0.39 is 11.9 Å². The van der Waals surface area contributed by atoms with Crippen LogP contribution in [0.1, 0.15) is 26.3 Å². The minimum absolute atomic E-state index is 0.230. The third-order valence-corrected chi connectivity index (χ3v) is 5.58. The lowest BCUT2D eigenvalue weighted by Crippen LogP contribution is -2.18. The molecule has 0 heterocycles. The summed E-state index contributed by atoms with van der Waals surface area (Å²) in [7, 11) is 7.36. The number of carbonyl (C=O) groups is 2. The largest absolute Gasteiger partial charge is 0.493 e. The quantitative estimate of drug-likeness (QED) is 0.164. The molecule has 0 atom stereocenters. The number of methoxy groups -OCH3 is 5. The fourth-order valence-corrected chi connectivity index (χ4v) is 3.65. The minimum Gasteiger partial charge on any atom is -0.493 e. The molecule has 37 heavy (non-hydrogen) atoms. The number of hydrazone groups is 1. The van der Waals surface area contributed by atoms with Gasteiger partial charge in [0.25, 0.3) is 5.91 Å². The molecule has 0 spiro atoms. The van der Waals surface area contributed by atoms with Gasteiger partial charge in [-0.05, 0) is 48.5 Å². The number of halogens is 1. The molecule has 0 saturated heterocycles. The number of nitrogens with one attached hydrogen (secondary N) is 1. The highest BCUT2D eigenvalue weighted by molar-refractivity contribution is 9.10. The van der Waals surface area contributed by atoms with Crippen LogP contribution in [0.4, 0.5) is 0 Å². The van der Waals surface area contributed by atoms with Crippen molar-refractivity contribution in [1.82, 2.24) is 5.43 Å². The molecule has 0 unspecified atom stereocenters. The molecule has 0 aliphatic carbocycles. The van der Waals surface area contributed by atoms with Crippen LogP contribution in [0.15, 0.2) is 58.1 Å². The zero-order valence-corrected chi connectivity index (χ0v) is 22.4. The van der Waals surface area contributed by atoms with Crippen LogP contribution in [-0.2, 0) is 0 Å². The topological polar surface area (TPSA) is 114 Å². The SMILES string of the molecule is COc1ccc(C(=O)Oc2ccc(Br)cc2C=NNC(=O)c2cc(OC)c(OC)c(OC)c2)cc1OC. The Morgan fingerprint density at radius 3 is 1.92 bits per heavy atom. The van der Waals surface area contributed by atoms with Crippen molar-refractivity contribution in [3.05, 3.63) is 69.7 Å². The highest BCUT2D eigenvalue weighted by Gasteiger charge is 2.17. The first-order chi connectivity index (χ1) is 17.8. The summed E-state index contributed by atoms with van der Waals surface area (Å²) in [5.41, 5.74) is 3.38. The van der Waals surface area contributed by atoms with Crippen molar-refractivity contribution in [3.8, 4) is 34.5 Å². The first-order valence-corrected chi connectivity index (χ1v) is 11.5. The second-order valence-electron chi connectivity index (χ2n) is 7.25. The van der Waals surface area contributed by atoms with E-state index in [4.69, 9.17) is 28.4 Å². The lowest BCUT2D eigenvalue weighted by molar-refractivity contribution is 0.0733. The molecule has 3 aromatic carbocycles. The Balaban J connectivity index is 1.80. The van der Waals surface area contributed by atoms with Gasteiger partial charge in [-0.3, -0.25) is 4.79 Å². The van der Waals surface area contributed by atoms with Crippen LogP contribution in [0.5, 0.6) is 34.5 Å². The number of nitrogens with zero attached hydrogens (tertiary/aromatic N) is 1. The first-order valence-electron chi connectivity index (χ1n) is 10.7. The lowest BCUT2D eigenvalue weighted by atomic mass is 10.1. The second kappa shape index (κ2) is 12.6. The number of amides is 1. The molecule has 0 aliphatic rings. The average Bonchev–Trinajstić information content (AvgIpc) is 2.92. The lowest BCUT2D eigenvalue weighted by Gasteiger charge is -2.13. The molecule has 0 fully saturated rings. The summed E-state index contributed by atoms with van der Waals surface area (Å²) in [4.78, 5) is 25.5. The van der Waals surface area contributed by atoms with Crippen LogP contribution in [0.3, 0.4) is 0 Å². The number of hydrogen-bond acceptors (Lipinski definition) is 9. The highest BCUT2D eigenvalue weighted by atomic mass is 79.9. The average molecular weight is 573 g/mol. The van der Waals surface area contributed by atoms with Gasteiger partial charge in [-0.1, -0.05) is 15.9 Å². The smallest absolute Gasteiger partial charge is 0.343 e. The summed E-state index contributed by atoms with van der Waals surface area (Å²) >= 11 is 3.39. The monoisotopic (exact) mass is 572 g/mol. The van der Waals surface area contributed by atoms with Crippen molar-refractivity contribution in [2.45, 2.75) is 0 Å². The third-order valence-electron chi connectivity index (χ3n) is 5.09. The van der Waals surface area contributed by atoms with Gasteiger partial charge in [0.1, 0.15) is 5.75 Å². The van der Waals surface area contributed by atoms with E-state index in [-0.39, 0.29) is 16.9 Å². The van der Waals surface area contributed by atoms with Crippen LogP contribution in [0, 0.1) is 0 Å². The Hall–Kier alpha value is -4.25. The van der Waals surface area contributed by atoms with Crippen molar-refractivity contribution in [1.29, 1.82) is 0 Å². The molecular weight excluding hydrogens is 548 g/mol. The zero-order valence-electron chi connectivity index (χ0n) is 20.8. The number of benzene rings is 3.